The second-order valence-corrected chi connectivity index (χ2v) is 9.02. The number of hydrogen-bond donors (Lipinski definition) is 1. The molecule has 1 amide bonds. The van der Waals surface area contributed by atoms with Gasteiger partial charge in [-0.15, -0.1) is 0 Å². The summed E-state index contributed by atoms with van der Waals surface area (Å²) in [5.74, 6) is 1.23. The Morgan fingerprint density at radius 3 is 2.56 bits per heavy atom. The number of aromatic nitrogens is 4. The molecular formula is C26H29N5O3. The highest BCUT2D eigenvalue weighted by Gasteiger charge is 2.14. The standard InChI is InChI=1S/C26H29N5O3/c1-26(2,3)20-8-10-22(11-9-20)34-18-30-13-12-24(29-30)25(32)28-21-15-27-31(17-21)16-19-6-5-7-23(14-19)33-4/h5-15,17H,16,18H2,1-4H3,(H,28,32). The number of nitrogens with zero attached hydrogens (tertiary/aromatic N) is 4. The lowest BCUT2D eigenvalue weighted by Gasteiger charge is -2.19. The zero-order chi connectivity index (χ0) is 24.1. The van der Waals surface area contributed by atoms with Gasteiger partial charge in [0.25, 0.3) is 5.91 Å². The molecule has 0 aliphatic rings. The number of nitrogens with one attached hydrogen (secondary N) is 1. The summed E-state index contributed by atoms with van der Waals surface area (Å²) < 4.78 is 14.4. The summed E-state index contributed by atoms with van der Waals surface area (Å²) >= 11 is 0. The van der Waals surface area contributed by atoms with Gasteiger partial charge < -0.3 is 14.8 Å². The number of methoxy groups -OCH3 is 1. The summed E-state index contributed by atoms with van der Waals surface area (Å²) in [7, 11) is 1.64. The van der Waals surface area contributed by atoms with E-state index < -0.39 is 0 Å². The lowest BCUT2D eigenvalue weighted by Crippen LogP contribution is -2.14. The van der Waals surface area contributed by atoms with Crippen LogP contribution < -0.4 is 14.8 Å². The van der Waals surface area contributed by atoms with Crippen molar-refractivity contribution in [2.24, 2.45) is 0 Å². The normalized spacial score (nSPS) is 11.3. The number of amides is 1. The van der Waals surface area contributed by atoms with Crippen molar-refractivity contribution < 1.29 is 14.3 Å². The number of ether oxygens (including phenoxy) is 2. The Morgan fingerprint density at radius 1 is 1.03 bits per heavy atom. The molecule has 2 aromatic carbocycles. The third kappa shape index (κ3) is 5.83. The molecule has 0 bridgehead atoms. The zero-order valence-corrected chi connectivity index (χ0v) is 19.9. The van der Waals surface area contributed by atoms with Crippen LogP contribution in [-0.4, -0.2) is 32.6 Å². The number of carbonyl (C=O) groups is 1. The van der Waals surface area contributed by atoms with Crippen LogP contribution in [0.25, 0.3) is 0 Å². The smallest absolute Gasteiger partial charge is 0.276 e. The van der Waals surface area contributed by atoms with Crippen LogP contribution in [-0.2, 0) is 18.7 Å². The Bertz CT molecular complexity index is 1250. The quantitative estimate of drug-likeness (QED) is 0.412. The monoisotopic (exact) mass is 459 g/mol. The van der Waals surface area contributed by atoms with Gasteiger partial charge in [-0.25, -0.2) is 4.68 Å². The summed E-state index contributed by atoms with van der Waals surface area (Å²) in [5.41, 5.74) is 3.27. The molecule has 0 unspecified atom stereocenters. The van der Waals surface area contributed by atoms with Gasteiger partial charge in [0, 0.05) is 12.4 Å². The highest BCUT2D eigenvalue weighted by atomic mass is 16.5. The maximum absolute atomic E-state index is 12.6. The highest BCUT2D eigenvalue weighted by molar-refractivity contribution is 6.02. The molecule has 1 N–H and O–H groups in total. The first kappa shape index (κ1) is 23.1. The molecule has 0 saturated carbocycles. The Morgan fingerprint density at radius 2 is 1.82 bits per heavy atom. The topological polar surface area (TPSA) is 83.2 Å². The van der Waals surface area contributed by atoms with E-state index in [-0.39, 0.29) is 18.1 Å². The lowest BCUT2D eigenvalue weighted by atomic mass is 9.87. The van der Waals surface area contributed by atoms with E-state index in [0.29, 0.717) is 17.9 Å². The maximum atomic E-state index is 12.6. The Kier molecular flexibility index (Phi) is 6.67. The van der Waals surface area contributed by atoms with E-state index in [1.807, 2.05) is 36.4 Å². The lowest BCUT2D eigenvalue weighted by molar-refractivity contribution is 0.102. The minimum Gasteiger partial charge on any atom is -0.497 e. The van der Waals surface area contributed by atoms with E-state index in [9.17, 15) is 4.79 Å². The van der Waals surface area contributed by atoms with Gasteiger partial charge in [-0.05, 0) is 46.9 Å². The molecule has 0 radical (unpaired) electrons. The van der Waals surface area contributed by atoms with E-state index in [2.05, 4.69) is 48.4 Å². The second kappa shape index (κ2) is 9.82. The summed E-state index contributed by atoms with van der Waals surface area (Å²) in [6, 6.07) is 17.4. The van der Waals surface area contributed by atoms with Crippen molar-refractivity contribution in [3.63, 3.8) is 0 Å². The molecule has 8 heteroatoms. The van der Waals surface area contributed by atoms with Gasteiger partial charge in [-0.1, -0.05) is 45.0 Å². The van der Waals surface area contributed by atoms with E-state index in [1.165, 1.54) is 5.56 Å². The van der Waals surface area contributed by atoms with Gasteiger partial charge in [-0.2, -0.15) is 10.2 Å². The fourth-order valence-corrected chi connectivity index (χ4v) is 3.41. The second-order valence-electron chi connectivity index (χ2n) is 9.02. The van der Waals surface area contributed by atoms with Crippen molar-refractivity contribution in [3.05, 3.63) is 90.0 Å². The average molecular weight is 460 g/mol. The molecule has 4 rings (SSSR count). The molecule has 0 aliphatic carbocycles. The maximum Gasteiger partial charge on any atom is 0.276 e. The molecule has 2 aromatic heterocycles. The summed E-state index contributed by atoms with van der Waals surface area (Å²) in [6.07, 6.45) is 5.10. The molecule has 0 atom stereocenters. The Balaban J connectivity index is 1.31. The van der Waals surface area contributed by atoms with Gasteiger partial charge in [0.2, 0.25) is 0 Å². The predicted octanol–water partition coefficient (Wildman–Crippen LogP) is 4.72. The van der Waals surface area contributed by atoms with Crippen LogP contribution in [0.3, 0.4) is 0 Å². The van der Waals surface area contributed by atoms with Crippen molar-refractivity contribution >= 4 is 11.6 Å². The molecule has 4 aromatic rings. The first-order valence-electron chi connectivity index (χ1n) is 11.0. The molecule has 0 spiro atoms. The summed E-state index contributed by atoms with van der Waals surface area (Å²) in [4.78, 5) is 12.6. The van der Waals surface area contributed by atoms with Crippen molar-refractivity contribution in [3.8, 4) is 11.5 Å². The minimum absolute atomic E-state index is 0.0916. The Labute approximate surface area is 199 Å². The van der Waals surface area contributed by atoms with Crippen LogP contribution in [0.4, 0.5) is 5.69 Å². The van der Waals surface area contributed by atoms with Crippen LogP contribution >= 0.6 is 0 Å². The Hall–Kier alpha value is -4.07. The van der Waals surface area contributed by atoms with E-state index >= 15 is 0 Å². The van der Waals surface area contributed by atoms with Gasteiger partial charge in [0.15, 0.2) is 12.4 Å². The first-order valence-corrected chi connectivity index (χ1v) is 11.0. The fraction of sp³-hybridized carbons (Fsp3) is 0.269. The van der Waals surface area contributed by atoms with Crippen LogP contribution in [0.1, 0.15) is 42.4 Å². The molecule has 34 heavy (non-hydrogen) atoms. The van der Waals surface area contributed by atoms with Crippen LogP contribution in [0.2, 0.25) is 0 Å². The van der Waals surface area contributed by atoms with Crippen molar-refractivity contribution in [2.45, 2.75) is 39.5 Å². The van der Waals surface area contributed by atoms with E-state index in [4.69, 9.17) is 9.47 Å². The van der Waals surface area contributed by atoms with E-state index in [1.54, 1.807) is 41.1 Å². The van der Waals surface area contributed by atoms with Gasteiger partial charge in [0.05, 0.1) is 25.5 Å². The van der Waals surface area contributed by atoms with Gasteiger partial charge in [-0.3, -0.25) is 9.48 Å². The van der Waals surface area contributed by atoms with Crippen molar-refractivity contribution in [1.82, 2.24) is 19.6 Å². The fourth-order valence-electron chi connectivity index (χ4n) is 3.41. The summed E-state index contributed by atoms with van der Waals surface area (Å²) in [5, 5.41) is 11.5. The van der Waals surface area contributed by atoms with Crippen molar-refractivity contribution in [2.75, 3.05) is 12.4 Å². The molecule has 0 fully saturated rings. The average Bonchev–Trinajstić information content (AvgIpc) is 3.47. The molecule has 0 saturated heterocycles. The molecule has 8 nitrogen and oxygen atoms in total. The molecule has 176 valence electrons. The van der Waals surface area contributed by atoms with Crippen LogP contribution in [0, 0.1) is 0 Å². The highest BCUT2D eigenvalue weighted by Crippen LogP contribution is 2.24. The predicted molar refractivity (Wildman–Crippen MR) is 130 cm³/mol. The van der Waals surface area contributed by atoms with Gasteiger partial charge >= 0.3 is 0 Å². The molecular weight excluding hydrogens is 430 g/mol. The number of hydrogen-bond acceptors (Lipinski definition) is 5. The van der Waals surface area contributed by atoms with Crippen LogP contribution in [0.5, 0.6) is 11.5 Å². The number of anilines is 1. The molecule has 0 aliphatic heterocycles. The largest absolute Gasteiger partial charge is 0.497 e. The third-order valence-corrected chi connectivity index (χ3v) is 5.33. The SMILES string of the molecule is COc1cccc(Cn2cc(NC(=O)c3ccn(COc4ccc(C(C)(C)C)cc4)n3)cn2)c1. The van der Waals surface area contributed by atoms with Gasteiger partial charge in [0.1, 0.15) is 11.5 Å². The van der Waals surface area contributed by atoms with Crippen LogP contribution in [0.15, 0.2) is 73.2 Å². The number of benzene rings is 2. The molecule has 2 heterocycles. The number of carbonyl (C=O) groups excluding carboxylic acids is 1. The number of rotatable bonds is 8. The van der Waals surface area contributed by atoms with E-state index in [0.717, 1.165) is 17.1 Å². The minimum atomic E-state index is -0.311. The first-order chi connectivity index (χ1) is 16.3. The third-order valence-electron chi connectivity index (χ3n) is 5.33. The zero-order valence-electron chi connectivity index (χ0n) is 19.9. The summed E-state index contributed by atoms with van der Waals surface area (Å²) in [6.45, 7) is 7.29. The van der Waals surface area contributed by atoms with Crippen molar-refractivity contribution in [1.29, 1.82) is 0 Å².